The van der Waals surface area contributed by atoms with E-state index in [0.29, 0.717) is 21.5 Å². The van der Waals surface area contributed by atoms with Gasteiger partial charge in [-0.25, -0.2) is 9.36 Å². The molecular formula is C24H18N2O4S. The number of hydrogen-bond donors (Lipinski definition) is 1. The van der Waals surface area contributed by atoms with Crippen LogP contribution in [0.4, 0.5) is 0 Å². The maximum absolute atomic E-state index is 13.2. The molecule has 7 heteroatoms. The van der Waals surface area contributed by atoms with Crippen molar-refractivity contribution in [1.82, 2.24) is 8.97 Å². The zero-order valence-electron chi connectivity index (χ0n) is 16.6. The second kappa shape index (κ2) is 8.46. The second-order valence-corrected chi connectivity index (χ2v) is 7.91. The molecule has 0 aliphatic carbocycles. The molecule has 0 aliphatic rings. The number of nitrogens with zero attached hydrogens (tertiary/aromatic N) is 2. The molecule has 1 N–H and O–H groups in total. The van der Waals surface area contributed by atoms with Crippen LogP contribution in [0.25, 0.3) is 4.83 Å². The fourth-order valence-corrected chi connectivity index (χ4v) is 4.25. The average Bonchev–Trinajstić information content (AvgIpc) is 3.25. The van der Waals surface area contributed by atoms with Crippen LogP contribution < -0.4 is 11.2 Å². The lowest BCUT2D eigenvalue weighted by Crippen LogP contribution is -2.40. The van der Waals surface area contributed by atoms with Crippen molar-refractivity contribution in [3.05, 3.63) is 109 Å². The number of thiazole rings is 1. The Morgan fingerprint density at radius 3 is 2.65 bits per heavy atom. The highest BCUT2D eigenvalue weighted by Gasteiger charge is 2.20. The Kier molecular flexibility index (Phi) is 5.56. The molecular weight excluding hydrogens is 412 g/mol. The van der Waals surface area contributed by atoms with Crippen LogP contribution in [0.1, 0.15) is 28.3 Å². The molecule has 2 aromatic heterocycles. The molecule has 4 rings (SSSR count). The SMILES string of the molecule is Cc1c(=O)n(C(C#Cc2ccccc2)c2cccc(CC(=O)O)c2)c(=O)n2ccsc12. The van der Waals surface area contributed by atoms with Crippen molar-refractivity contribution >= 4 is 22.1 Å². The van der Waals surface area contributed by atoms with Crippen molar-refractivity contribution in [3.63, 3.8) is 0 Å². The van der Waals surface area contributed by atoms with E-state index in [9.17, 15) is 14.4 Å². The first-order valence-electron chi connectivity index (χ1n) is 9.54. The van der Waals surface area contributed by atoms with Gasteiger partial charge in [0.15, 0.2) is 0 Å². The Morgan fingerprint density at radius 2 is 1.90 bits per heavy atom. The van der Waals surface area contributed by atoms with Gasteiger partial charge in [0.25, 0.3) is 5.56 Å². The Hall–Kier alpha value is -3.89. The topological polar surface area (TPSA) is 80.8 Å². The van der Waals surface area contributed by atoms with E-state index < -0.39 is 23.3 Å². The quantitative estimate of drug-likeness (QED) is 0.505. The molecule has 6 nitrogen and oxygen atoms in total. The van der Waals surface area contributed by atoms with Gasteiger partial charge < -0.3 is 5.11 Å². The molecule has 4 aromatic rings. The molecule has 0 aliphatic heterocycles. The summed E-state index contributed by atoms with van der Waals surface area (Å²) in [4.78, 5) is 38.2. The van der Waals surface area contributed by atoms with E-state index >= 15 is 0 Å². The third-order valence-corrected chi connectivity index (χ3v) is 5.87. The minimum absolute atomic E-state index is 0.164. The van der Waals surface area contributed by atoms with Crippen molar-refractivity contribution in [1.29, 1.82) is 0 Å². The van der Waals surface area contributed by atoms with Crippen LogP contribution in [0.3, 0.4) is 0 Å². The first-order valence-corrected chi connectivity index (χ1v) is 10.4. The summed E-state index contributed by atoms with van der Waals surface area (Å²) in [5.74, 6) is 5.16. The van der Waals surface area contributed by atoms with Crippen LogP contribution >= 0.6 is 11.3 Å². The van der Waals surface area contributed by atoms with Gasteiger partial charge in [0.2, 0.25) is 0 Å². The van der Waals surface area contributed by atoms with Gasteiger partial charge in [0.05, 0.1) is 6.42 Å². The summed E-state index contributed by atoms with van der Waals surface area (Å²) in [5.41, 5.74) is 1.46. The Labute approximate surface area is 181 Å². The summed E-state index contributed by atoms with van der Waals surface area (Å²) in [6, 6.07) is 15.2. The molecule has 0 bridgehead atoms. The Balaban J connectivity index is 1.96. The molecule has 0 radical (unpaired) electrons. The van der Waals surface area contributed by atoms with Gasteiger partial charge in [0, 0.05) is 22.7 Å². The summed E-state index contributed by atoms with van der Waals surface area (Å²) in [5, 5.41) is 10.9. The summed E-state index contributed by atoms with van der Waals surface area (Å²) in [7, 11) is 0. The fourth-order valence-electron chi connectivity index (χ4n) is 3.42. The summed E-state index contributed by atoms with van der Waals surface area (Å²) in [6.45, 7) is 1.69. The molecule has 154 valence electrons. The first kappa shape index (κ1) is 20.4. The number of hydrogen-bond acceptors (Lipinski definition) is 4. The number of aryl methyl sites for hydroxylation is 1. The number of carbonyl (C=O) groups is 1. The van der Waals surface area contributed by atoms with Crippen LogP contribution in [0, 0.1) is 18.8 Å². The van der Waals surface area contributed by atoms with Crippen LogP contribution in [0.5, 0.6) is 0 Å². The fraction of sp³-hybridized carbons (Fsp3) is 0.125. The van der Waals surface area contributed by atoms with E-state index in [1.807, 2.05) is 30.3 Å². The number of carboxylic acid groups (broad SMARTS) is 1. The van der Waals surface area contributed by atoms with Crippen LogP contribution in [0.2, 0.25) is 0 Å². The van der Waals surface area contributed by atoms with Crippen molar-refractivity contribution in [2.75, 3.05) is 0 Å². The minimum Gasteiger partial charge on any atom is -0.481 e. The number of fused-ring (bicyclic) bond motifs is 1. The van der Waals surface area contributed by atoms with E-state index in [4.69, 9.17) is 5.11 Å². The summed E-state index contributed by atoms with van der Waals surface area (Å²) < 4.78 is 2.59. The predicted molar refractivity (Wildman–Crippen MR) is 120 cm³/mol. The Bertz CT molecular complexity index is 1450. The van der Waals surface area contributed by atoms with Gasteiger partial charge >= 0.3 is 11.7 Å². The smallest absolute Gasteiger partial charge is 0.337 e. The number of aromatic nitrogens is 2. The molecule has 0 saturated carbocycles. The van der Waals surface area contributed by atoms with Gasteiger partial charge in [-0.05, 0) is 30.2 Å². The first-order chi connectivity index (χ1) is 15.0. The van der Waals surface area contributed by atoms with Crippen LogP contribution in [0.15, 0.2) is 75.8 Å². The van der Waals surface area contributed by atoms with Crippen molar-refractivity contribution in [2.45, 2.75) is 19.4 Å². The number of carboxylic acids is 1. The van der Waals surface area contributed by atoms with Gasteiger partial charge in [-0.15, -0.1) is 11.3 Å². The number of rotatable bonds is 4. The third kappa shape index (κ3) is 4.06. The highest BCUT2D eigenvalue weighted by Crippen LogP contribution is 2.19. The molecule has 2 aromatic carbocycles. The highest BCUT2D eigenvalue weighted by molar-refractivity contribution is 7.15. The lowest BCUT2D eigenvalue weighted by Gasteiger charge is -2.16. The lowest BCUT2D eigenvalue weighted by molar-refractivity contribution is -0.136. The standard InChI is InChI=1S/C24H18N2O4S/c1-16-22(29)26(24(30)25-12-13-31-23(16)25)20(11-10-17-6-3-2-4-7-17)19-9-5-8-18(14-19)15-21(27)28/h2-9,12-14,20H,15H2,1H3,(H,27,28). The maximum Gasteiger partial charge on any atom is 0.337 e. The van der Waals surface area contributed by atoms with E-state index in [-0.39, 0.29) is 6.42 Å². The number of benzene rings is 2. The van der Waals surface area contributed by atoms with Gasteiger partial charge in [-0.1, -0.05) is 54.3 Å². The molecule has 1 atom stereocenters. The minimum atomic E-state index is -0.961. The normalized spacial score (nSPS) is 11.6. The van der Waals surface area contributed by atoms with Crippen LogP contribution in [-0.4, -0.2) is 20.0 Å². The van der Waals surface area contributed by atoms with Crippen molar-refractivity contribution < 1.29 is 9.90 Å². The Morgan fingerprint density at radius 1 is 1.13 bits per heavy atom. The maximum atomic E-state index is 13.2. The average molecular weight is 430 g/mol. The van der Waals surface area contributed by atoms with Crippen molar-refractivity contribution in [3.8, 4) is 11.8 Å². The monoisotopic (exact) mass is 430 g/mol. The van der Waals surface area contributed by atoms with Crippen molar-refractivity contribution in [2.24, 2.45) is 0 Å². The number of aliphatic carboxylic acids is 1. The molecule has 1 unspecified atom stereocenters. The molecule has 0 spiro atoms. The van der Waals surface area contributed by atoms with Gasteiger partial charge in [0.1, 0.15) is 10.9 Å². The third-order valence-electron chi connectivity index (χ3n) is 4.89. The van der Waals surface area contributed by atoms with E-state index in [2.05, 4.69) is 11.8 Å². The largest absolute Gasteiger partial charge is 0.481 e. The predicted octanol–water partition coefficient (Wildman–Crippen LogP) is 3.10. The zero-order valence-corrected chi connectivity index (χ0v) is 17.4. The van der Waals surface area contributed by atoms with E-state index in [0.717, 1.165) is 10.1 Å². The zero-order chi connectivity index (χ0) is 22.0. The highest BCUT2D eigenvalue weighted by atomic mass is 32.1. The van der Waals surface area contributed by atoms with Crippen LogP contribution in [-0.2, 0) is 11.2 Å². The molecule has 0 fully saturated rings. The summed E-state index contributed by atoms with van der Waals surface area (Å²) >= 11 is 1.33. The van der Waals surface area contributed by atoms with E-state index in [1.54, 1.807) is 42.8 Å². The summed E-state index contributed by atoms with van der Waals surface area (Å²) in [6.07, 6.45) is 1.47. The molecule has 0 saturated heterocycles. The van der Waals surface area contributed by atoms with Gasteiger partial charge in [-0.3, -0.25) is 14.0 Å². The van der Waals surface area contributed by atoms with E-state index in [1.165, 1.54) is 15.7 Å². The second-order valence-electron chi connectivity index (χ2n) is 7.01. The molecule has 0 amide bonds. The molecule has 2 heterocycles. The lowest BCUT2D eigenvalue weighted by atomic mass is 10.0. The van der Waals surface area contributed by atoms with Gasteiger partial charge in [-0.2, -0.15) is 0 Å². The molecule has 31 heavy (non-hydrogen) atoms.